The SMILES string of the molecule is COc1ccc2[nH]c3c(c2c1)CCN(C(=O)c1cc(F)cc(F)c1)[C@H]3c1ccccc1OC. The van der Waals surface area contributed by atoms with Gasteiger partial charge in [-0.05, 0) is 48.4 Å². The normalized spacial score (nSPS) is 15.4. The van der Waals surface area contributed by atoms with Crippen LogP contribution in [0.3, 0.4) is 0 Å². The number of nitrogens with one attached hydrogen (secondary N) is 1. The van der Waals surface area contributed by atoms with E-state index in [1.54, 1.807) is 19.1 Å². The predicted molar refractivity (Wildman–Crippen MR) is 121 cm³/mol. The second-order valence-electron chi connectivity index (χ2n) is 7.98. The maximum Gasteiger partial charge on any atom is 0.254 e. The van der Waals surface area contributed by atoms with Crippen molar-refractivity contribution in [2.24, 2.45) is 0 Å². The highest BCUT2D eigenvalue weighted by molar-refractivity contribution is 5.96. The summed E-state index contributed by atoms with van der Waals surface area (Å²) in [5, 5.41) is 1.02. The van der Waals surface area contributed by atoms with E-state index in [-0.39, 0.29) is 5.56 Å². The number of methoxy groups -OCH3 is 2. The molecule has 0 unspecified atom stereocenters. The Labute approximate surface area is 189 Å². The van der Waals surface area contributed by atoms with E-state index < -0.39 is 23.6 Å². The number of ether oxygens (including phenoxy) is 2. The Morgan fingerprint density at radius 1 is 1.00 bits per heavy atom. The summed E-state index contributed by atoms with van der Waals surface area (Å²) in [6, 6.07) is 15.6. The monoisotopic (exact) mass is 448 g/mol. The van der Waals surface area contributed by atoms with E-state index >= 15 is 0 Å². The molecule has 0 saturated carbocycles. The Bertz CT molecular complexity index is 1340. The number of para-hydroxylation sites is 1. The van der Waals surface area contributed by atoms with E-state index in [1.807, 2.05) is 42.5 Å². The van der Waals surface area contributed by atoms with Crippen LogP contribution in [0.5, 0.6) is 11.5 Å². The molecule has 5 nitrogen and oxygen atoms in total. The summed E-state index contributed by atoms with van der Waals surface area (Å²) in [5.74, 6) is -0.668. The van der Waals surface area contributed by atoms with Gasteiger partial charge in [0.25, 0.3) is 5.91 Å². The number of carbonyl (C=O) groups excluding carboxylic acids is 1. The number of aromatic amines is 1. The lowest BCUT2D eigenvalue weighted by Crippen LogP contribution is -2.40. The van der Waals surface area contributed by atoms with E-state index in [0.29, 0.717) is 18.7 Å². The van der Waals surface area contributed by atoms with Crippen molar-refractivity contribution in [3.63, 3.8) is 0 Å². The van der Waals surface area contributed by atoms with Gasteiger partial charge in [-0.1, -0.05) is 18.2 Å². The first kappa shape index (κ1) is 21.0. The second-order valence-corrected chi connectivity index (χ2v) is 7.98. The highest BCUT2D eigenvalue weighted by Crippen LogP contribution is 2.42. The first-order chi connectivity index (χ1) is 16.0. The Morgan fingerprint density at radius 2 is 1.76 bits per heavy atom. The minimum Gasteiger partial charge on any atom is -0.497 e. The predicted octanol–water partition coefficient (Wildman–Crippen LogP) is 5.25. The molecule has 5 rings (SSSR count). The topological polar surface area (TPSA) is 54.6 Å². The lowest BCUT2D eigenvalue weighted by molar-refractivity contribution is 0.0689. The average molecular weight is 448 g/mol. The lowest BCUT2D eigenvalue weighted by Gasteiger charge is -2.37. The van der Waals surface area contributed by atoms with Crippen molar-refractivity contribution in [2.45, 2.75) is 12.5 Å². The first-order valence-electron chi connectivity index (χ1n) is 10.6. The molecule has 1 N–H and O–H groups in total. The van der Waals surface area contributed by atoms with Crippen LogP contribution in [0.25, 0.3) is 10.9 Å². The van der Waals surface area contributed by atoms with Gasteiger partial charge < -0.3 is 19.4 Å². The molecule has 33 heavy (non-hydrogen) atoms. The molecule has 0 saturated heterocycles. The number of hydrogen-bond acceptors (Lipinski definition) is 3. The molecular weight excluding hydrogens is 426 g/mol. The zero-order valence-electron chi connectivity index (χ0n) is 18.2. The molecule has 0 bridgehead atoms. The van der Waals surface area contributed by atoms with Crippen molar-refractivity contribution in [1.82, 2.24) is 9.88 Å². The molecule has 168 valence electrons. The number of rotatable bonds is 4. The summed E-state index contributed by atoms with van der Waals surface area (Å²) < 4.78 is 38.8. The number of nitrogens with zero attached hydrogens (tertiary/aromatic N) is 1. The van der Waals surface area contributed by atoms with Crippen molar-refractivity contribution in [3.8, 4) is 11.5 Å². The summed E-state index contributed by atoms with van der Waals surface area (Å²) in [7, 11) is 3.20. The highest BCUT2D eigenvalue weighted by atomic mass is 19.1. The number of aromatic nitrogens is 1. The number of benzene rings is 3. The quantitative estimate of drug-likeness (QED) is 0.464. The van der Waals surface area contributed by atoms with E-state index in [9.17, 15) is 13.6 Å². The Kier molecular flexibility index (Phi) is 5.24. The van der Waals surface area contributed by atoms with Gasteiger partial charge in [-0.2, -0.15) is 0 Å². The van der Waals surface area contributed by atoms with Gasteiger partial charge in [0.15, 0.2) is 0 Å². The Hall–Kier alpha value is -3.87. The standard InChI is InChI=1S/C26H22F2N2O3/c1-32-18-7-8-22-21(14-18)19-9-10-30(26(31)15-11-16(27)13-17(28)12-15)25(24(19)29-22)20-5-3-4-6-23(20)33-2/h3-8,11-14,25,29H,9-10H2,1-2H3/t25-/m0/s1. The minimum absolute atomic E-state index is 0.0337. The van der Waals surface area contributed by atoms with Gasteiger partial charge >= 0.3 is 0 Å². The van der Waals surface area contributed by atoms with Crippen molar-refractivity contribution >= 4 is 16.8 Å². The highest BCUT2D eigenvalue weighted by Gasteiger charge is 2.36. The van der Waals surface area contributed by atoms with Crippen LogP contribution in [0.2, 0.25) is 0 Å². The molecular formula is C26H22F2N2O3. The number of fused-ring (bicyclic) bond motifs is 3. The summed E-state index contributed by atoms with van der Waals surface area (Å²) in [4.78, 5) is 18.6. The molecule has 4 aromatic rings. The van der Waals surface area contributed by atoms with Crippen molar-refractivity contribution < 1.29 is 23.0 Å². The third-order valence-corrected chi connectivity index (χ3v) is 6.14. The number of amides is 1. The van der Waals surface area contributed by atoms with Crippen LogP contribution in [0.4, 0.5) is 8.78 Å². The van der Waals surface area contributed by atoms with Crippen LogP contribution < -0.4 is 9.47 Å². The van der Waals surface area contributed by atoms with E-state index in [0.717, 1.165) is 51.7 Å². The Morgan fingerprint density at radius 3 is 2.48 bits per heavy atom. The van der Waals surface area contributed by atoms with Crippen LogP contribution in [-0.2, 0) is 6.42 Å². The summed E-state index contributed by atoms with van der Waals surface area (Å²) >= 11 is 0. The number of H-pyrrole nitrogens is 1. The molecule has 1 aliphatic rings. The molecule has 2 heterocycles. The van der Waals surface area contributed by atoms with Gasteiger partial charge in [0.05, 0.1) is 14.2 Å². The fourth-order valence-corrected chi connectivity index (χ4v) is 4.67. The van der Waals surface area contributed by atoms with Gasteiger partial charge in [-0.3, -0.25) is 4.79 Å². The molecule has 1 atom stereocenters. The van der Waals surface area contributed by atoms with Crippen molar-refractivity contribution in [1.29, 1.82) is 0 Å². The maximum absolute atomic E-state index is 13.9. The second kappa shape index (κ2) is 8.24. The van der Waals surface area contributed by atoms with Gasteiger partial charge in [0.1, 0.15) is 29.2 Å². The third-order valence-electron chi connectivity index (χ3n) is 6.14. The van der Waals surface area contributed by atoms with Gasteiger partial charge in [-0.15, -0.1) is 0 Å². The van der Waals surface area contributed by atoms with E-state index in [1.165, 1.54) is 0 Å². The van der Waals surface area contributed by atoms with E-state index in [4.69, 9.17) is 9.47 Å². The largest absolute Gasteiger partial charge is 0.497 e. The van der Waals surface area contributed by atoms with Crippen LogP contribution in [0.15, 0.2) is 60.7 Å². The molecule has 1 aromatic heterocycles. The summed E-state index contributed by atoms with van der Waals surface area (Å²) in [6.45, 7) is 0.372. The van der Waals surface area contributed by atoms with E-state index in [2.05, 4.69) is 4.98 Å². The third kappa shape index (κ3) is 3.59. The van der Waals surface area contributed by atoms with Gasteiger partial charge in [0.2, 0.25) is 0 Å². The summed E-state index contributed by atoms with van der Waals surface area (Å²) in [6.07, 6.45) is 0.581. The molecule has 0 spiro atoms. The van der Waals surface area contributed by atoms with Crippen LogP contribution in [-0.4, -0.2) is 36.6 Å². The van der Waals surface area contributed by atoms with Crippen LogP contribution in [0, 0.1) is 11.6 Å². The fraction of sp³-hybridized carbons (Fsp3) is 0.192. The van der Waals surface area contributed by atoms with Gasteiger partial charge in [-0.25, -0.2) is 8.78 Å². The first-order valence-corrected chi connectivity index (χ1v) is 10.6. The smallest absolute Gasteiger partial charge is 0.254 e. The van der Waals surface area contributed by atoms with Crippen molar-refractivity contribution in [2.75, 3.05) is 20.8 Å². The number of carbonyl (C=O) groups is 1. The van der Waals surface area contributed by atoms with Gasteiger partial charge in [0, 0.05) is 40.3 Å². The lowest BCUT2D eigenvalue weighted by atomic mass is 9.91. The molecule has 1 aliphatic heterocycles. The molecule has 3 aromatic carbocycles. The van der Waals surface area contributed by atoms with Crippen molar-refractivity contribution in [3.05, 3.63) is 94.7 Å². The molecule has 0 radical (unpaired) electrons. The Balaban J connectivity index is 1.70. The minimum atomic E-state index is -0.789. The molecule has 7 heteroatoms. The molecule has 0 fully saturated rings. The number of halogens is 2. The van der Waals surface area contributed by atoms with Crippen LogP contribution in [0.1, 0.15) is 33.2 Å². The number of hydrogen-bond donors (Lipinski definition) is 1. The zero-order valence-corrected chi connectivity index (χ0v) is 18.2. The summed E-state index contributed by atoms with van der Waals surface area (Å²) in [5.41, 5.74) is 3.60. The maximum atomic E-state index is 13.9. The zero-order chi connectivity index (χ0) is 23.1. The van der Waals surface area contributed by atoms with Crippen LogP contribution >= 0.6 is 0 Å². The molecule has 1 amide bonds. The average Bonchev–Trinajstić information content (AvgIpc) is 3.20. The fourth-order valence-electron chi connectivity index (χ4n) is 4.67. The molecule has 0 aliphatic carbocycles.